The highest BCUT2D eigenvalue weighted by Gasteiger charge is 2.37. The van der Waals surface area contributed by atoms with Gasteiger partial charge in [-0.15, -0.1) is 0 Å². The van der Waals surface area contributed by atoms with Crippen LogP contribution in [0.1, 0.15) is 72.5 Å². The number of benzene rings is 1. The van der Waals surface area contributed by atoms with Gasteiger partial charge in [-0.3, -0.25) is 14.4 Å². The molecule has 0 aliphatic rings. The third kappa shape index (κ3) is 7.02. The van der Waals surface area contributed by atoms with Crippen LogP contribution in [0.4, 0.5) is 0 Å². The predicted octanol–water partition coefficient (Wildman–Crippen LogP) is 3.73. The summed E-state index contributed by atoms with van der Waals surface area (Å²) in [6.07, 6.45) is 0.528. The lowest BCUT2D eigenvalue weighted by Gasteiger charge is -2.29. The Morgan fingerprint density at radius 1 is 0.938 bits per heavy atom. The van der Waals surface area contributed by atoms with Crippen molar-refractivity contribution in [3.8, 4) is 11.1 Å². The summed E-state index contributed by atoms with van der Waals surface area (Å²) in [5.41, 5.74) is 1.50. The number of rotatable bonds is 12. The minimum atomic E-state index is -1.10. The second-order valence-electron chi connectivity index (χ2n) is 9.89. The summed E-state index contributed by atoms with van der Waals surface area (Å²) < 4.78 is 0. The normalized spacial score (nSPS) is 14.7. The summed E-state index contributed by atoms with van der Waals surface area (Å²) in [6, 6.07) is 7.92. The van der Waals surface area contributed by atoms with E-state index in [-0.39, 0.29) is 29.1 Å². The van der Waals surface area contributed by atoms with Gasteiger partial charge in [0.2, 0.25) is 11.8 Å². The standard InChI is InChI=1S/C26H38N2O4/c1-15(2)12-13-20(29)27-19(14-16(3)4)26(32)28-23(17(5)6)25(31)22-21(24(22)30)18-10-8-7-9-11-18/h7-11,15-17,19,23,25,31H,12-14H2,1-6H3,(H,27,29)(H,28,32)/t19-,23-,25-/m0/s1. The molecule has 0 spiro atoms. The molecule has 0 bridgehead atoms. The molecule has 2 aromatic carbocycles. The van der Waals surface area contributed by atoms with Crippen LogP contribution in [0.2, 0.25) is 0 Å². The number of aliphatic hydroxyl groups excluding tert-OH is 1. The van der Waals surface area contributed by atoms with Crippen LogP contribution in [0, 0.1) is 17.8 Å². The first kappa shape index (κ1) is 25.8. The van der Waals surface area contributed by atoms with E-state index in [1.807, 2.05) is 58.0 Å². The van der Waals surface area contributed by atoms with Crippen molar-refractivity contribution in [2.75, 3.05) is 0 Å². The molecule has 3 atom stereocenters. The van der Waals surface area contributed by atoms with Gasteiger partial charge in [0.05, 0.1) is 6.04 Å². The Kier molecular flexibility index (Phi) is 9.20. The van der Waals surface area contributed by atoms with Gasteiger partial charge >= 0.3 is 0 Å². The Labute approximate surface area is 191 Å². The number of nitrogens with one attached hydrogen (secondary N) is 2. The van der Waals surface area contributed by atoms with E-state index < -0.39 is 18.2 Å². The molecule has 0 heterocycles. The molecule has 0 fully saturated rings. The van der Waals surface area contributed by atoms with E-state index >= 15 is 0 Å². The first-order valence-electron chi connectivity index (χ1n) is 11.6. The Morgan fingerprint density at radius 3 is 2.09 bits per heavy atom. The first-order chi connectivity index (χ1) is 15.0. The highest BCUT2D eigenvalue weighted by Crippen LogP contribution is 2.33. The maximum atomic E-state index is 13.1. The number of carbonyl (C=O) groups excluding carboxylic acids is 2. The molecule has 2 amide bonds. The number of amides is 2. The molecule has 0 aliphatic carbocycles. The van der Waals surface area contributed by atoms with E-state index in [9.17, 15) is 19.5 Å². The second kappa shape index (κ2) is 11.4. The Morgan fingerprint density at radius 2 is 1.56 bits per heavy atom. The van der Waals surface area contributed by atoms with E-state index in [1.165, 1.54) is 0 Å². The predicted molar refractivity (Wildman–Crippen MR) is 128 cm³/mol. The summed E-state index contributed by atoms with van der Waals surface area (Å²) in [4.78, 5) is 37.9. The van der Waals surface area contributed by atoms with Crippen LogP contribution < -0.4 is 16.1 Å². The summed E-state index contributed by atoms with van der Waals surface area (Å²) in [5.74, 6) is 0.0258. The minimum Gasteiger partial charge on any atom is -0.386 e. The Balaban J connectivity index is 2.13. The van der Waals surface area contributed by atoms with Gasteiger partial charge in [-0.25, -0.2) is 0 Å². The third-order valence-electron chi connectivity index (χ3n) is 5.71. The van der Waals surface area contributed by atoms with Crippen LogP contribution >= 0.6 is 0 Å². The molecule has 0 aliphatic heterocycles. The van der Waals surface area contributed by atoms with Crippen LogP contribution in [-0.2, 0) is 9.59 Å². The fourth-order valence-corrected chi connectivity index (χ4v) is 3.80. The SMILES string of the molecule is CC(C)CCC(=O)N[C@@H](CC(C)C)C(=O)N[C@@H](C(C)C)[C@@H](O)c1c(-c2ccccc2)c1=O. The van der Waals surface area contributed by atoms with Gasteiger partial charge in [0.25, 0.3) is 0 Å². The number of aliphatic hydroxyl groups is 1. The molecule has 0 unspecified atom stereocenters. The first-order valence-corrected chi connectivity index (χ1v) is 11.6. The quantitative estimate of drug-likeness (QED) is 0.467. The van der Waals surface area contributed by atoms with E-state index in [2.05, 4.69) is 24.5 Å². The molecule has 32 heavy (non-hydrogen) atoms. The van der Waals surface area contributed by atoms with Crippen molar-refractivity contribution in [2.24, 2.45) is 17.8 Å². The largest absolute Gasteiger partial charge is 0.386 e. The summed E-state index contributed by atoms with van der Waals surface area (Å²) >= 11 is 0. The van der Waals surface area contributed by atoms with Crippen molar-refractivity contribution in [3.63, 3.8) is 0 Å². The molecule has 0 radical (unpaired) electrons. The minimum absolute atomic E-state index is 0.108. The maximum Gasteiger partial charge on any atom is 0.242 e. The Hall–Kier alpha value is -2.47. The number of hydrogen-bond acceptors (Lipinski definition) is 4. The fraction of sp³-hybridized carbons (Fsp3) is 0.577. The molecule has 2 aromatic rings. The average Bonchev–Trinajstić information content (AvgIpc) is 3.40. The maximum absolute atomic E-state index is 13.1. The van der Waals surface area contributed by atoms with Crippen molar-refractivity contribution in [2.45, 2.75) is 79.0 Å². The topological polar surface area (TPSA) is 95.5 Å². The van der Waals surface area contributed by atoms with E-state index in [4.69, 9.17) is 0 Å². The molecular weight excluding hydrogens is 404 g/mol. The van der Waals surface area contributed by atoms with Crippen molar-refractivity contribution < 1.29 is 14.7 Å². The number of hydrogen-bond donors (Lipinski definition) is 3. The molecule has 3 N–H and O–H groups in total. The van der Waals surface area contributed by atoms with Crippen LogP contribution in [0.5, 0.6) is 0 Å². The van der Waals surface area contributed by atoms with Crippen LogP contribution in [-0.4, -0.2) is 29.0 Å². The van der Waals surface area contributed by atoms with Crippen LogP contribution in [0.25, 0.3) is 11.1 Å². The summed E-state index contributed by atoms with van der Waals surface area (Å²) in [5, 5.41) is 16.8. The van der Waals surface area contributed by atoms with E-state index in [0.29, 0.717) is 29.9 Å². The average molecular weight is 443 g/mol. The van der Waals surface area contributed by atoms with Gasteiger partial charge in [-0.05, 0) is 36.2 Å². The molecule has 6 heteroatoms. The molecular formula is C26H38N2O4. The van der Waals surface area contributed by atoms with Gasteiger partial charge in [0, 0.05) is 17.5 Å². The lowest BCUT2D eigenvalue weighted by atomic mass is 9.94. The molecule has 176 valence electrons. The van der Waals surface area contributed by atoms with Gasteiger partial charge in [0.1, 0.15) is 12.1 Å². The highest BCUT2D eigenvalue weighted by molar-refractivity contribution is 5.88. The van der Waals surface area contributed by atoms with Gasteiger partial charge in [-0.1, -0.05) is 71.9 Å². The molecule has 0 aromatic heterocycles. The van der Waals surface area contributed by atoms with Gasteiger partial charge < -0.3 is 15.7 Å². The Bertz CT molecular complexity index is 894. The third-order valence-corrected chi connectivity index (χ3v) is 5.71. The highest BCUT2D eigenvalue weighted by atomic mass is 16.3. The van der Waals surface area contributed by atoms with Crippen LogP contribution in [0.15, 0.2) is 35.1 Å². The molecule has 6 nitrogen and oxygen atoms in total. The van der Waals surface area contributed by atoms with Crippen molar-refractivity contribution in [1.82, 2.24) is 10.6 Å². The van der Waals surface area contributed by atoms with Crippen molar-refractivity contribution in [3.05, 3.63) is 46.1 Å². The molecule has 0 saturated carbocycles. The monoisotopic (exact) mass is 442 g/mol. The zero-order valence-electron chi connectivity index (χ0n) is 20.1. The summed E-state index contributed by atoms with van der Waals surface area (Å²) in [6.45, 7) is 11.9. The summed E-state index contributed by atoms with van der Waals surface area (Å²) in [7, 11) is 0. The molecule has 0 saturated heterocycles. The van der Waals surface area contributed by atoms with Gasteiger partial charge in [0.15, 0.2) is 5.43 Å². The lowest BCUT2D eigenvalue weighted by molar-refractivity contribution is -0.130. The number of carbonyl (C=O) groups is 2. The molecule has 2 rings (SSSR count). The van der Waals surface area contributed by atoms with E-state index in [0.717, 1.165) is 12.0 Å². The van der Waals surface area contributed by atoms with Crippen molar-refractivity contribution >= 4 is 11.8 Å². The second-order valence-corrected chi connectivity index (χ2v) is 9.89. The smallest absolute Gasteiger partial charge is 0.242 e. The zero-order valence-corrected chi connectivity index (χ0v) is 20.1. The van der Waals surface area contributed by atoms with E-state index in [1.54, 1.807) is 0 Å². The fourth-order valence-electron chi connectivity index (χ4n) is 3.80. The van der Waals surface area contributed by atoms with Gasteiger partial charge in [-0.2, -0.15) is 0 Å². The van der Waals surface area contributed by atoms with Crippen molar-refractivity contribution in [1.29, 1.82) is 0 Å². The van der Waals surface area contributed by atoms with Crippen LogP contribution in [0.3, 0.4) is 0 Å². The lowest BCUT2D eigenvalue weighted by Crippen LogP contribution is -2.52. The zero-order chi connectivity index (χ0) is 24.0.